The van der Waals surface area contributed by atoms with Gasteiger partial charge in [0.05, 0.1) is 18.9 Å². The summed E-state index contributed by atoms with van der Waals surface area (Å²) in [6, 6.07) is 21.2. The Bertz CT molecular complexity index is 905. The Hall–Kier alpha value is -2.47. The zero-order valence-corrected chi connectivity index (χ0v) is 18.0. The predicted octanol–water partition coefficient (Wildman–Crippen LogP) is 4.37. The van der Waals surface area contributed by atoms with E-state index in [0.29, 0.717) is 11.9 Å². The molecule has 0 amide bonds. The van der Waals surface area contributed by atoms with E-state index in [1.54, 1.807) is 0 Å². The maximum atomic E-state index is 6.02. The van der Waals surface area contributed by atoms with Gasteiger partial charge in [-0.25, -0.2) is 4.98 Å². The molecule has 30 heavy (non-hydrogen) atoms. The van der Waals surface area contributed by atoms with Crippen LogP contribution in [-0.2, 0) is 17.8 Å². The first-order valence-electron chi connectivity index (χ1n) is 10.8. The highest BCUT2D eigenvalue weighted by molar-refractivity contribution is 5.53. The Morgan fingerprint density at radius 1 is 0.967 bits per heavy atom. The summed E-state index contributed by atoms with van der Waals surface area (Å²) in [5.74, 6) is 1.59. The van der Waals surface area contributed by atoms with Crippen LogP contribution in [0, 0.1) is 6.92 Å². The summed E-state index contributed by atoms with van der Waals surface area (Å²) in [5, 5.41) is 0. The Balaban J connectivity index is 1.52. The monoisotopic (exact) mass is 405 g/mol. The molecule has 2 aromatic carbocycles. The number of aryl methyl sites for hydroxylation is 1. The quantitative estimate of drug-likeness (QED) is 0.557. The van der Waals surface area contributed by atoms with Crippen LogP contribution in [0.25, 0.3) is 11.5 Å². The number of hydrogen-bond donors (Lipinski definition) is 0. The number of oxazole rings is 1. The maximum Gasteiger partial charge on any atom is 0.226 e. The molecule has 0 bridgehead atoms. The number of hydrogen-bond acceptors (Lipinski definition) is 5. The summed E-state index contributed by atoms with van der Waals surface area (Å²) < 4.78 is 11.5. The molecule has 1 aliphatic rings. The molecule has 1 saturated heterocycles. The standard InChI is InChI=1S/C25H31N3O2/c1-20(17-27-13-15-29-16-14-27)28(18-22-9-5-3-6-10-22)19-24-21(2)30-25(26-24)23-11-7-4-8-12-23/h3-12,20H,13-19H2,1-2H3. The van der Waals surface area contributed by atoms with Crippen molar-refractivity contribution in [2.45, 2.75) is 33.0 Å². The van der Waals surface area contributed by atoms with Crippen molar-refractivity contribution in [3.8, 4) is 11.5 Å². The lowest BCUT2D eigenvalue weighted by atomic mass is 10.1. The van der Waals surface area contributed by atoms with Crippen LogP contribution in [0.5, 0.6) is 0 Å². The van der Waals surface area contributed by atoms with Gasteiger partial charge < -0.3 is 9.15 Å². The number of morpholine rings is 1. The Morgan fingerprint density at radius 2 is 1.63 bits per heavy atom. The zero-order chi connectivity index (χ0) is 20.8. The normalized spacial score (nSPS) is 16.1. The Labute approximate surface area is 179 Å². The topological polar surface area (TPSA) is 41.7 Å². The third-order valence-corrected chi connectivity index (χ3v) is 5.74. The van der Waals surface area contributed by atoms with E-state index in [2.05, 4.69) is 47.1 Å². The summed E-state index contributed by atoms with van der Waals surface area (Å²) in [6.45, 7) is 10.7. The van der Waals surface area contributed by atoms with Crippen LogP contribution in [0.1, 0.15) is 23.9 Å². The van der Waals surface area contributed by atoms with Gasteiger partial charge in [0, 0.05) is 44.3 Å². The molecule has 0 saturated carbocycles. The average Bonchev–Trinajstić information content (AvgIpc) is 3.15. The third-order valence-electron chi connectivity index (χ3n) is 5.74. The van der Waals surface area contributed by atoms with Crippen molar-refractivity contribution in [2.24, 2.45) is 0 Å². The molecule has 5 nitrogen and oxygen atoms in total. The second kappa shape index (κ2) is 10.0. The molecule has 0 radical (unpaired) electrons. The SMILES string of the molecule is Cc1oc(-c2ccccc2)nc1CN(Cc1ccccc1)C(C)CN1CCOCC1. The van der Waals surface area contributed by atoms with Gasteiger partial charge in [-0.1, -0.05) is 48.5 Å². The molecular formula is C25H31N3O2. The molecule has 1 aromatic heterocycles. The van der Waals surface area contributed by atoms with Gasteiger partial charge in [0.15, 0.2) is 0 Å². The summed E-state index contributed by atoms with van der Waals surface area (Å²) in [6.07, 6.45) is 0. The number of rotatable bonds is 8. The van der Waals surface area contributed by atoms with Crippen molar-refractivity contribution in [3.05, 3.63) is 77.7 Å². The lowest BCUT2D eigenvalue weighted by molar-refractivity contribution is 0.0224. The average molecular weight is 406 g/mol. The Kier molecular flexibility index (Phi) is 6.95. The van der Waals surface area contributed by atoms with Crippen LogP contribution in [0.3, 0.4) is 0 Å². The van der Waals surface area contributed by atoms with E-state index >= 15 is 0 Å². The van der Waals surface area contributed by atoms with Gasteiger partial charge in [0.25, 0.3) is 0 Å². The van der Waals surface area contributed by atoms with Gasteiger partial charge in [-0.15, -0.1) is 0 Å². The smallest absolute Gasteiger partial charge is 0.226 e. The number of ether oxygens (including phenoxy) is 1. The highest BCUT2D eigenvalue weighted by Gasteiger charge is 2.22. The van der Waals surface area contributed by atoms with E-state index in [4.69, 9.17) is 14.1 Å². The van der Waals surface area contributed by atoms with Crippen molar-refractivity contribution < 1.29 is 9.15 Å². The molecule has 2 heterocycles. The second-order valence-electron chi connectivity index (χ2n) is 8.04. The fourth-order valence-corrected chi connectivity index (χ4v) is 3.93. The molecule has 4 rings (SSSR count). The van der Waals surface area contributed by atoms with Crippen molar-refractivity contribution in [3.63, 3.8) is 0 Å². The van der Waals surface area contributed by atoms with Crippen LogP contribution in [0.4, 0.5) is 0 Å². The van der Waals surface area contributed by atoms with Gasteiger partial charge in [-0.3, -0.25) is 9.80 Å². The molecular weight excluding hydrogens is 374 g/mol. The first-order valence-corrected chi connectivity index (χ1v) is 10.8. The molecule has 158 valence electrons. The van der Waals surface area contributed by atoms with Crippen LogP contribution in [0.2, 0.25) is 0 Å². The highest BCUT2D eigenvalue weighted by atomic mass is 16.5. The van der Waals surface area contributed by atoms with Crippen molar-refractivity contribution in [2.75, 3.05) is 32.8 Å². The summed E-state index contributed by atoms with van der Waals surface area (Å²) in [5.41, 5.74) is 3.34. The van der Waals surface area contributed by atoms with Gasteiger partial charge in [-0.05, 0) is 31.5 Å². The minimum Gasteiger partial charge on any atom is -0.441 e. The number of aromatic nitrogens is 1. The summed E-state index contributed by atoms with van der Waals surface area (Å²) >= 11 is 0. The van der Waals surface area contributed by atoms with Crippen molar-refractivity contribution in [1.82, 2.24) is 14.8 Å². The molecule has 1 aliphatic heterocycles. The molecule has 1 atom stereocenters. The van der Waals surface area contributed by atoms with Crippen LogP contribution < -0.4 is 0 Å². The maximum absolute atomic E-state index is 6.02. The van der Waals surface area contributed by atoms with E-state index in [1.807, 2.05) is 37.3 Å². The van der Waals surface area contributed by atoms with E-state index < -0.39 is 0 Å². The first kappa shape index (κ1) is 20.8. The zero-order valence-electron chi connectivity index (χ0n) is 18.0. The number of benzene rings is 2. The van der Waals surface area contributed by atoms with Gasteiger partial charge >= 0.3 is 0 Å². The van der Waals surface area contributed by atoms with E-state index in [1.165, 1.54) is 5.56 Å². The third kappa shape index (κ3) is 5.36. The minimum absolute atomic E-state index is 0.389. The van der Waals surface area contributed by atoms with Crippen molar-refractivity contribution >= 4 is 0 Å². The van der Waals surface area contributed by atoms with Crippen molar-refractivity contribution in [1.29, 1.82) is 0 Å². The first-order chi connectivity index (χ1) is 14.7. The summed E-state index contributed by atoms with van der Waals surface area (Å²) in [4.78, 5) is 9.85. The van der Waals surface area contributed by atoms with E-state index in [9.17, 15) is 0 Å². The van der Waals surface area contributed by atoms with Crippen LogP contribution in [0.15, 0.2) is 65.1 Å². The van der Waals surface area contributed by atoms with Gasteiger partial charge in [0.2, 0.25) is 5.89 Å². The molecule has 3 aromatic rings. The molecule has 1 unspecified atom stereocenters. The Morgan fingerprint density at radius 3 is 2.33 bits per heavy atom. The predicted molar refractivity (Wildman–Crippen MR) is 119 cm³/mol. The molecule has 1 fully saturated rings. The largest absolute Gasteiger partial charge is 0.441 e. The van der Waals surface area contributed by atoms with E-state index in [0.717, 1.165) is 63.0 Å². The van der Waals surface area contributed by atoms with Gasteiger partial charge in [-0.2, -0.15) is 0 Å². The highest BCUT2D eigenvalue weighted by Crippen LogP contribution is 2.23. The molecule has 0 spiro atoms. The van der Waals surface area contributed by atoms with E-state index in [-0.39, 0.29) is 0 Å². The molecule has 0 aliphatic carbocycles. The fourth-order valence-electron chi connectivity index (χ4n) is 3.93. The second-order valence-corrected chi connectivity index (χ2v) is 8.04. The molecule has 0 N–H and O–H groups in total. The van der Waals surface area contributed by atoms with Crippen LogP contribution in [-0.4, -0.2) is 53.7 Å². The lowest BCUT2D eigenvalue weighted by Crippen LogP contribution is -2.45. The van der Waals surface area contributed by atoms with Crippen LogP contribution >= 0.6 is 0 Å². The summed E-state index contributed by atoms with van der Waals surface area (Å²) in [7, 11) is 0. The fraction of sp³-hybridized carbons (Fsp3) is 0.400. The molecule has 5 heteroatoms. The minimum atomic E-state index is 0.389. The number of nitrogens with zero attached hydrogens (tertiary/aromatic N) is 3. The lowest BCUT2D eigenvalue weighted by Gasteiger charge is -2.35. The van der Waals surface area contributed by atoms with Gasteiger partial charge in [0.1, 0.15) is 5.76 Å².